The Kier molecular flexibility index (Phi) is 12.5. The van der Waals surface area contributed by atoms with Crippen molar-refractivity contribution in [1.29, 1.82) is 0 Å². The van der Waals surface area contributed by atoms with Crippen LogP contribution >= 0.6 is 0 Å². The Morgan fingerprint density at radius 1 is 0.825 bits per heavy atom. The van der Waals surface area contributed by atoms with Gasteiger partial charge in [0, 0.05) is 30.1 Å². The van der Waals surface area contributed by atoms with Gasteiger partial charge in [0.1, 0.15) is 23.6 Å². The van der Waals surface area contributed by atoms with Crippen LogP contribution in [0.15, 0.2) is 144 Å². The number of pyridine rings is 1. The van der Waals surface area contributed by atoms with Crippen LogP contribution in [0.3, 0.4) is 0 Å². The first-order valence-electron chi connectivity index (χ1n) is 20.6. The number of aromatic nitrogens is 1. The molecule has 0 radical (unpaired) electrons. The van der Waals surface area contributed by atoms with Crippen LogP contribution in [0.4, 0.5) is 5.69 Å². The van der Waals surface area contributed by atoms with Crippen molar-refractivity contribution in [1.82, 2.24) is 20.5 Å². The van der Waals surface area contributed by atoms with Gasteiger partial charge in [-0.3, -0.25) is 48.9 Å². The fourth-order valence-electron chi connectivity index (χ4n) is 7.73. The summed E-state index contributed by atoms with van der Waals surface area (Å²) in [6, 6.07) is 33.4. The molecule has 2 aliphatic rings. The first-order valence-corrected chi connectivity index (χ1v) is 20.6. The number of imide groups is 2. The van der Waals surface area contributed by atoms with Crippen LogP contribution in [0.5, 0.6) is 11.5 Å². The van der Waals surface area contributed by atoms with Crippen molar-refractivity contribution < 1.29 is 42.7 Å². The van der Waals surface area contributed by atoms with Gasteiger partial charge in [-0.25, -0.2) is 0 Å². The number of hydrogen-bond donors (Lipinski definition) is 2. The van der Waals surface area contributed by atoms with Crippen LogP contribution in [-0.2, 0) is 14.4 Å². The molecule has 3 atom stereocenters. The van der Waals surface area contributed by atoms with Crippen molar-refractivity contribution in [2.75, 3.05) is 18.1 Å². The highest BCUT2D eigenvalue weighted by molar-refractivity contribution is 6.24. The zero-order chi connectivity index (χ0) is 43.9. The Hall–Kier alpha value is -7.87. The molecule has 0 aliphatic carbocycles. The summed E-state index contributed by atoms with van der Waals surface area (Å²) in [6.07, 6.45) is 5.84. The Morgan fingerprint density at radius 2 is 1.57 bits per heavy atom. The molecule has 1 fully saturated rings. The monoisotopic (exact) mass is 845 g/mol. The average Bonchev–Trinajstić information content (AvgIpc) is 3.94. The molecule has 1 unspecified atom stereocenters. The summed E-state index contributed by atoms with van der Waals surface area (Å²) in [7, 11) is 0. The van der Waals surface area contributed by atoms with E-state index in [0.717, 1.165) is 21.6 Å². The molecule has 14 heteroatoms. The molecule has 4 aromatic carbocycles. The molecular weight excluding hydrogens is 803 g/mol. The largest absolute Gasteiger partial charge is 0.494 e. The second kappa shape index (κ2) is 18.8. The fraction of sp³-hybridized carbons (Fsp3) is 0.204. The van der Waals surface area contributed by atoms with Crippen LogP contribution in [0.2, 0.25) is 0 Å². The Balaban J connectivity index is 0.904. The molecule has 8 rings (SSSR count). The van der Waals surface area contributed by atoms with Crippen molar-refractivity contribution in [2.24, 2.45) is 0 Å². The topological polar surface area (TPSA) is 177 Å². The number of rotatable bonds is 16. The highest BCUT2D eigenvalue weighted by atomic mass is 16.5. The number of ether oxygens (including phenoxy) is 2. The minimum absolute atomic E-state index is 0.0321. The molecule has 0 bridgehead atoms. The van der Waals surface area contributed by atoms with E-state index < -0.39 is 53.6 Å². The maximum Gasteiger partial charge on any atom is 0.294 e. The van der Waals surface area contributed by atoms with Gasteiger partial charge >= 0.3 is 0 Å². The molecule has 2 aliphatic heterocycles. The summed E-state index contributed by atoms with van der Waals surface area (Å²) in [6.45, 7) is 2.43. The van der Waals surface area contributed by atoms with E-state index in [1.807, 2.05) is 85.8 Å². The van der Waals surface area contributed by atoms with Crippen LogP contribution < -0.4 is 25.0 Å². The van der Waals surface area contributed by atoms with Gasteiger partial charge in [0.25, 0.3) is 17.7 Å². The zero-order valence-corrected chi connectivity index (χ0v) is 34.3. The third-order valence-corrected chi connectivity index (χ3v) is 10.9. The molecule has 318 valence electrons. The number of furan rings is 1. The van der Waals surface area contributed by atoms with E-state index in [0.29, 0.717) is 36.4 Å². The lowest BCUT2D eigenvalue weighted by atomic mass is 10.0. The maximum absolute atomic E-state index is 14.5. The lowest BCUT2D eigenvalue weighted by Gasteiger charge is -2.31. The fourth-order valence-corrected chi connectivity index (χ4v) is 7.73. The Bertz CT molecular complexity index is 2640. The summed E-state index contributed by atoms with van der Waals surface area (Å²) < 4.78 is 17.6. The number of amides is 6. The molecule has 0 saturated carbocycles. The molecule has 6 aromatic rings. The number of carbonyl (C=O) groups is 6. The van der Waals surface area contributed by atoms with E-state index in [2.05, 4.69) is 15.6 Å². The lowest BCUT2D eigenvalue weighted by Crippen LogP contribution is -2.54. The average molecular weight is 846 g/mol. The minimum Gasteiger partial charge on any atom is -0.494 e. The maximum atomic E-state index is 14.5. The summed E-state index contributed by atoms with van der Waals surface area (Å²) >= 11 is 0. The quantitative estimate of drug-likeness (QED) is 0.0746. The van der Waals surface area contributed by atoms with E-state index in [1.54, 1.807) is 48.8 Å². The van der Waals surface area contributed by atoms with Gasteiger partial charge in [-0.05, 0) is 97.5 Å². The molecule has 2 aromatic heterocycles. The lowest BCUT2D eigenvalue weighted by molar-refractivity contribution is -0.136. The summed E-state index contributed by atoms with van der Waals surface area (Å²) in [5, 5.41) is 5.31. The molecule has 2 N–H and O–H groups in total. The highest BCUT2D eigenvalue weighted by Crippen LogP contribution is 2.35. The van der Waals surface area contributed by atoms with E-state index in [-0.39, 0.29) is 42.1 Å². The van der Waals surface area contributed by atoms with Crippen LogP contribution in [0, 0.1) is 0 Å². The second-order valence-corrected chi connectivity index (χ2v) is 15.1. The van der Waals surface area contributed by atoms with Crippen molar-refractivity contribution in [3.63, 3.8) is 0 Å². The van der Waals surface area contributed by atoms with Crippen molar-refractivity contribution >= 4 is 41.1 Å². The number of nitrogens with zero attached hydrogens (tertiary/aromatic N) is 3. The van der Waals surface area contributed by atoms with E-state index in [4.69, 9.17) is 13.9 Å². The van der Waals surface area contributed by atoms with Gasteiger partial charge in [-0.2, -0.15) is 0 Å². The number of nitrogens with one attached hydrogen (secondary N) is 2. The second-order valence-electron chi connectivity index (χ2n) is 15.1. The predicted molar refractivity (Wildman–Crippen MR) is 231 cm³/mol. The van der Waals surface area contributed by atoms with Gasteiger partial charge < -0.3 is 19.2 Å². The standard InChI is InChI=1S/C49H43N5O9/c1-31(51-46(57)44(35-14-9-25-50-30-35)53(48(59)41-18-10-28-63-41)36-21-19-33(20-22-36)32-11-3-2-4-12-32)34-13-7-15-37(29-34)61-26-5-6-27-62-40-17-8-16-38-43(40)49(60)54(47(38)58)39-23-24-42(55)52-45(39)56/h2-4,7-22,25,28-31,39,44H,5-6,23-24,26-27H2,1H3,(H,51,57)(H,52,55,56)/t31-,39?,44+/m1/s1. The summed E-state index contributed by atoms with van der Waals surface area (Å²) in [4.78, 5) is 86.0. The molecule has 0 spiro atoms. The Labute approximate surface area is 362 Å². The molecule has 4 heterocycles. The van der Waals surface area contributed by atoms with Crippen molar-refractivity contribution in [3.05, 3.63) is 168 Å². The van der Waals surface area contributed by atoms with E-state index in [1.165, 1.54) is 17.2 Å². The summed E-state index contributed by atoms with van der Waals surface area (Å²) in [5.74, 6) is -2.38. The van der Waals surface area contributed by atoms with Crippen molar-refractivity contribution in [2.45, 2.75) is 50.7 Å². The van der Waals surface area contributed by atoms with E-state index in [9.17, 15) is 28.8 Å². The first-order chi connectivity index (χ1) is 30.7. The number of benzene rings is 4. The van der Waals surface area contributed by atoms with Gasteiger partial charge in [0.15, 0.2) is 5.76 Å². The number of unbranched alkanes of at least 4 members (excludes halogenated alkanes) is 1. The number of fused-ring (bicyclic) bond motifs is 1. The predicted octanol–water partition coefficient (Wildman–Crippen LogP) is 7.25. The SMILES string of the molecule is C[C@@H](NC(=O)[C@H](c1cccnc1)N(C(=O)c1ccco1)c1ccc(-c2ccccc2)cc1)c1cccc(OCCCCOc2cccc3c2C(=O)N(C2CCC(=O)NC2=O)C3=O)c1. The third kappa shape index (κ3) is 9.10. The van der Waals surface area contributed by atoms with Crippen LogP contribution in [-0.4, -0.2) is 64.6 Å². The normalized spacial score (nSPS) is 15.6. The number of hydrogen-bond acceptors (Lipinski definition) is 10. The van der Waals surface area contributed by atoms with E-state index >= 15 is 0 Å². The molecule has 14 nitrogen and oxygen atoms in total. The number of anilines is 1. The summed E-state index contributed by atoms with van der Waals surface area (Å²) in [5.41, 5.74) is 3.97. The zero-order valence-electron chi connectivity index (χ0n) is 34.3. The minimum atomic E-state index is -1.12. The Morgan fingerprint density at radius 3 is 2.30 bits per heavy atom. The molecule has 63 heavy (non-hydrogen) atoms. The first kappa shape index (κ1) is 41.8. The third-order valence-electron chi connectivity index (χ3n) is 10.9. The van der Waals surface area contributed by atoms with Gasteiger partial charge in [0.05, 0.1) is 36.6 Å². The molecule has 6 amide bonds. The van der Waals surface area contributed by atoms with Gasteiger partial charge in [-0.15, -0.1) is 0 Å². The number of piperidine rings is 1. The highest BCUT2D eigenvalue weighted by Gasteiger charge is 2.46. The van der Waals surface area contributed by atoms with Gasteiger partial charge in [-0.1, -0.05) is 66.7 Å². The number of carbonyl (C=O) groups excluding carboxylic acids is 6. The van der Waals surface area contributed by atoms with Gasteiger partial charge in [0.2, 0.25) is 17.7 Å². The smallest absolute Gasteiger partial charge is 0.294 e. The van der Waals surface area contributed by atoms with Crippen molar-refractivity contribution in [3.8, 4) is 22.6 Å². The molecule has 1 saturated heterocycles. The molecular formula is C49H43N5O9. The van der Waals surface area contributed by atoms with Crippen LogP contribution in [0.25, 0.3) is 11.1 Å². The van der Waals surface area contributed by atoms with Crippen LogP contribution in [0.1, 0.15) is 87.1 Å².